The van der Waals surface area contributed by atoms with E-state index in [9.17, 15) is 18.8 Å². The minimum absolute atomic E-state index is 0.197. The van der Waals surface area contributed by atoms with Crippen molar-refractivity contribution in [3.8, 4) is 5.69 Å². The van der Waals surface area contributed by atoms with Gasteiger partial charge < -0.3 is 9.47 Å². The summed E-state index contributed by atoms with van der Waals surface area (Å²) in [6.45, 7) is 4.80. The number of benzene rings is 1. The first-order chi connectivity index (χ1) is 15.3. The van der Waals surface area contributed by atoms with Crippen molar-refractivity contribution in [2.75, 3.05) is 19.6 Å². The molecule has 32 heavy (non-hydrogen) atoms. The molecule has 2 aliphatic heterocycles. The number of hydrogen-bond donors (Lipinski definition) is 0. The molecule has 6 nitrogen and oxygen atoms in total. The van der Waals surface area contributed by atoms with Crippen LogP contribution in [0.2, 0.25) is 0 Å². The van der Waals surface area contributed by atoms with Crippen LogP contribution in [0.4, 0.5) is 9.18 Å². The van der Waals surface area contributed by atoms with Gasteiger partial charge in [0.25, 0.3) is 11.1 Å². The molecule has 0 radical (unpaired) electrons. The van der Waals surface area contributed by atoms with E-state index >= 15 is 0 Å². The van der Waals surface area contributed by atoms with Crippen molar-refractivity contribution in [2.24, 2.45) is 0 Å². The zero-order valence-electron chi connectivity index (χ0n) is 17.9. The largest absolute Gasteiger partial charge is 0.341 e. The number of thioether (sulfide) groups is 1. The number of piperidine rings is 1. The molecule has 0 unspecified atom stereocenters. The number of rotatable bonds is 4. The monoisotopic (exact) mass is 519 g/mol. The van der Waals surface area contributed by atoms with Crippen molar-refractivity contribution in [2.45, 2.75) is 33.1 Å². The molecule has 0 aliphatic carbocycles. The normalized spacial score (nSPS) is 18.2. The van der Waals surface area contributed by atoms with Crippen LogP contribution in [0, 0.1) is 19.7 Å². The standard InChI is InChI=1S/C23H23BrFN3O3S/c1-14-10-16(15(2)28(14)19-7-6-17(24)12-18(19)25)11-20-22(30)27(23(31)32-20)13-21(29)26-8-4-3-5-9-26/h6-7,10-12H,3-5,8-9,13H2,1-2H3/b20-11-. The highest BCUT2D eigenvalue weighted by Crippen LogP contribution is 2.34. The van der Waals surface area contributed by atoms with E-state index in [0.717, 1.165) is 52.9 Å². The van der Waals surface area contributed by atoms with Crippen molar-refractivity contribution in [1.82, 2.24) is 14.4 Å². The quantitative estimate of drug-likeness (QED) is 0.530. The topological polar surface area (TPSA) is 62.6 Å². The lowest BCUT2D eigenvalue weighted by Gasteiger charge is -2.27. The van der Waals surface area contributed by atoms with Gasteiger partial charge in [-0.05, 0) is 80.8 Å². The molecule has 0 bridgehead atoms. The van der Waals surface area contributed by atoms with Crippen LogP contribution in [0.25, 0.3) is 11.8 Å². The molecular formula is C23H23BrFN3O3S. The molecule has 2 saturated heterocycles. The van der Waals surface area contributed by atoms with Crippen LogP contribution in [0.1, 0.15) is 36.2 Å². The van der Waals surface area contributed by atoms with E-state index in [4.69, 9.17) is 0 Å². The Morgan fingerprint density at radius 1 is 1.16 bits per heavy atom. The van der Waals surface area contributed by atoms with Gasteiger partial charge in [0, 0.05) is 29.0 Å². The summed E-state index contributed by atoms with van der Waals surface area (Å²) in [5.74, 6) is -1.04. The summed E-state index contributed by atoms with van der Waals surface area (Å²) in [4.78, 5) is 40.9. The molecule has 0 saturated carbocycles. The zero-order valence-corrected chi connectivity index (χ0v) is 20.3. The van der Waals surface area contributed by atoms with Crippen molar-refractivity contribution in [1.29, 1.82) is 0 Å². The lowest BCUT2D eigenvalue weighted by atomic mass is 10.1. The summed E-state index contributed by atoms with van der Waals surface area (Å²) in [5.41, 5.74) is 2.68. The third-order valence-electron chi connectivity index (χ3n) is 5.78. The average Bonchev–Trinajstić information content (AvgIpc) is 3.18. The minimum atomic E-state index is -0.468. The van der Waals surface area contributed by atoms with Crippen LogP contribution in [0.3, 0.4) is 0 Å². The Morgan fingerprint density at radius 3 is 2.56 bits per heavy atom. The minimum Gasteiger partial charge on any atom is -0.341 e. The van der Waals surface area contributed by atoms with Gasteiger partial charge in [0.2, 0.25) is 5.91 Å². The van der Waals surface area contributed by atoms with E-state index in [1.165, 1.54) is 6.07 Å². The maximum Gasteiger partial charge on any atom is 0.294 e. The second kappa shape index (κ2) is 9.23. The highest BCUT2D eigenvalue weighted by molar-refractivity contribution is 9.10. The number of likely N-dealkylation sites (tertiary alicyclic amines) is 1. The number of carbonyl (C=O) groups is 3. The number of aromatic nitrogens is 1. The van der Waals surface area contributed by atoms with Gasteiger partial charge in [0.15, 0.2) is 0 Å². The molecule has 0 N–H and O–H groups in total. The first-order valence-corrected chi connectivity index (χ1v) is 12.0. The molecule has 9 heteroatoms. The molecule has 0 atom stereocenters. The number of aryl methyl sites for hydroxylation is 1. The third-order valence-corrected chi connectivity index (χ3v) is 7.18. The van der Waals surface area contributed by atoms with E-state index in [1.54, 1.807) is 27.7 Å². The van der Waals surface area contributed by atoms with Crippen LogP contribution >= 0.6 is 27.7 Å². The van der Waals surface area contributed by atoms with Crippen molar-refractivity contribution >= 4 is 50.8 Å². The smallest absolute Gasteiger partial charge is 0.294 e. The average molecular weight is 520 g/mol. The van der Waals surface area contributed by atoms with E-state index in [2.05, 4.69) is 15.9 Å². The molecule has 2 aliphatic rings. The molecule has 3 heterocycles. The van der Waals surface area contributed by atoms with Crippen LogP contribution in [0.15, 0.2) is 33.6 Å². The second-order valence-corrected chi connectivity index (χ2v) is 9.88. The van der Waals surface area contributed by atoms with Crippen molar-refractivity contribution < 1.29 is 18.8 Å². The molecule has 168 valence electrons. The maximum atomic E-state index is 14.5. The molecule has 4 rings (SSSR count). The first-order valence-electron chi connectivity index (χ1n) is 10.4. The molecule has 2 fully saturated rings. The van der Waals surface area contributed by atoms with Crippen molar-refractivity contribution in [3.05, 3.63) is 56.4 Å². The van der Waals surface area contributed by atoms with Gasteiger partial charge in [-0.15, -0.1) is 0 Å². The Labute approximate surface area is 198 Å². The second-order valence-electron chi connectivity index (χ2n) is 7.97. The summed E-state index contributed by atoms with van der Waals surface area (Å²) in [6, 6.07) is 6.70. The van der Waals surface area contributed by atoms with Gasteiger partial charge in [0.1, 0.15) is 12.4 Å². The van der Waals surface area contributed by atoms with Crippen LogP contribution in [0.5, 0.6) is 0 Å². The molecular weight excluding hydrogens is 497 g/mol. The van der Waals surface area contributed by atoms with Gasteiger partial charge in [-0.2, -0.15) is 0 Å². The number of nitrogens with zero attached hydrogens (tertiary/aromatic N) is 3. The van der Waals surface area contributed by atoms with Gasteiger partial charge in [-0.3, -0.25) is 19.3 Å². The highest BCUT2D eigenvalue weighted by atomic mass is 79.9. The van der Waals surface area contributed by atoms with E-state index in [1.807, 2.05) is 19.9 Å². The lowest BCUT2D eigenvalue weighted by Crippen LogP contribution is -2.44. The third kappa shape index (κ3) is 4.41. The lowest BCUT2D eigenvalue weighted by molar-refractivity contribution is -0.136. The van der Waals surface area contributed by atoms with E-state index in [-0.39, 0.29) is 23.2 Å². The van der Waals surface area contributed by atoms with Crippen LogP contribution < -0.4 is 0 Å². The summed E-state index contributed by atoms with van der Waals surface area (Å²) in [5, 5.41) is -0.445. The summed E-state index contributed by atoms with van der Waals surface area (Å²) in [7, 11) is 0. The van der Waals surface area contributed by atoms with Gasteiger partial charge in [-0.25, -0.2) is 4.39 Å². The maximum absolute atomic E-state index is 14.5. The molecule has 1 aromatic heterocycles. The van der Waals surface area contributed by atoms with Crippen molar-refractivity contribution in [3.63, 3.8) is 0 Å². The Bertz CT molecular complexity index is 1140. The number of imide groups is 1. The Morgan fingerprint density at radius 2 is 1.88 bits per heavy atom. The molecule has 1 aromatic carbocycles. The van der Waals surface area contributed by atoms with Gasteiger partial charge >= 0.3 is 0 Å². The van der Waals surface area contributed by atoms with Gasteiger partial charge in [0.05, 0.1) is 10.6 Å². The number of amides is 3. The molecule has 0 spiro atoms. The summed E-state index contributed by atoms with van der Waals surface area (Å²) < 4.78 is 17.0. The summed E-state index contributed by atoms with van der Waals surface area (Å²) in [6.07, 6.45) is 4.63. The number of carbonyl (C=O) groups excluding carboxylic acids is 3. The van der Waals surface area contributed by atoms with Gasteiger partial charge in [-0.1, -0.05) is 15.9 Å². The van der Waals surface area contributed by atoms with Crippen LogP contribution in [-0.4, -0.2) is 51.1 Å². The predicted molar refractivity (Wildman–Crippen MR) is 126 cm³/mol. The molecule has 2 aromatic rings. The van der Waals surface area contributed by atoms with E-state index < -0.39 is 11.1 Å². The highest BCUT2D eigenvalue weighted by Gasteiger charge is 2.37. The number of hydrogen-bond acceptors (Lipinski definition) is 4. The van der Waals surface area contributed by atoms with Crippen LogP contribution in [-0.2, 0) is 9.59 Å². The fourth-order valence-electron chi connectivity index (χ4n) is 4.12. The summed E-state index contributed by atoms with van der Waals surface area (Å²) >= 11 is 4.10. The Balaban J connectivity index is 1.57. The molecule has 3 amide bonds. The Kier molecular flexibility index (Phi) is 6.57. The Hall–Kier alpha value is -2.39. The fraction of sp³-hybridized carbons (Fsp3) is 0.348. The first kappa shape index (κ1) is 22.8. The van der Waals surface area contributed by atoms with E-state index in [0.29, 0.717) is 23.2 Å². The zero-order chi connectivity index (χ0) is 23.0. The fourth-order valence-corrected chi connectivity index (χ4v) is 5.29. The predicted octanol–water partition coefficient (Wildman–Crippen LogP) is 5.04. The SMILES string of the molecule is Cc1cc(/C=C2\SC(=O)N(CC(=O)N3CCCCC3)C2=O)c(C)n1-c1ccc(Br)cc1F. The number of halogens is 2.